The number of aromatic hydroxyl groups is 1. The van der Waals surface area contributed by atoms with Crippen molar-refractivity contribution in [1.82, 2.24) is 4.90 Å². The lowest BCUT2D eigenvalue weighted by Crippen LogP contribution is -2.18. The first-order chi connectivity index (χ1) is 7.67. The molecule has 0 fully saturated rings. The maximum atomic E-state index is 9.79. The zero-order valence-electron chi connectivity index (χ0n) is 10.4. The van der Waals surface area contributed by atoms with Gasteiger partial charge in [-0.1, -0.05) is 19.4 Å². The van der Waals surface area contributed by atoms with Crippen molar-refractivity contribution >= 4 is 0 Å². The molecule has 0 radical (unpaired) electrons. The van der Waals surface area contributed by atoms with Crippen molar-refractivity contribution in [2.24, 2.45) is 0 Å². The Hall–Kier alpha value is -1.22. The van der Waals surface area contributed by atoms with Crippen LogP contribution in [0.4, 0.5) is 0 Å². The van der Waals surface area contributed by atoms with Gasteiger partial charge in [0.15, 0.2) is 0 Å². The number of ether oxygens (including phenoxy) is 1. The highest BCUT2D eigenvalue weighted by Gasteiger charge is 2.05. The molecule has 0 saturated carbocycles. The van der Waals surface area contributed by atoms with E-state index in [1.807, 2.05) is 12.1 Å². The molecule has 0 aliphatic heterocycles. The summed E-state index contributed by atoms with van der Waals surface area (Å²) in [5.41, 5.74) is 0.944. The molecule has 16 heavy (non-hydrogen) atoms. The first kappa shape index (κ1) is 12.8. The third-order valence-corrected chi connectivity index (χ3v) is 2.63. The van der Waals surface area contributed by atoms with Crippen LogP contribution >= 0.6 is 0 Å². The lowest BCUT2D eigenvalue weighted by atomic mass is 10.1. The van der Waals surface area contributed by atoms with E-state index in [9.17, 15) is 5.11 Å². The van der Waals surface area contributed by atoms with Crippen LogP contribution in [-0.4, -0.2) is 30.7 Å². The van der Waals surface area contributed by atoms with Gasteiger partial charge in [0, 0.05) is 18.2 Å². The number of hydrogen-bond donors (Lipinski definition) is 1. The molecule has 0 aliphatic carbocycles. The van der Waals surface area contributed by atoms with E-state index in [2.05, 4.69) is 18.9 Å². The number of hydrogen-bond acceptors (Lipinski definition) is 3. The van der Waals surface area contributed by atoms with Gasteiger partial charge in [0.05, 0.1) is 7.11 Å². The highest BCUT2D eigenvalue weighted by atomic mass is 16.5. The minimum atomic E-state index is 0.308. The maximum Gasteiger partial charge on any atom is 0.123 e. The third-order valence-electron chi connectivity index (χ3n) is 2.63. The Labute approximate surface area is 97.7 Å². The van der Waals surface area contributed by atoms with Gasteiger partial charge in [-0.15, -0.1) is 0 Å². The SMILES string of the molecule is CCCCN(C)Cc1ccc(OC)cc1O. The first-order valence-electron chi connectivity index (χ1n) is 5.71. The van der Waals surface area contributed by atoms with Gasteiger partial charge in [-0.05, 0) is 26.1 Å². The van der Waals surface area contributed by atoms with Gasteiger partial charge < -0.3 is 14.7 Å². The van der Waals surface area contributed by atoms with Gasteiger partial charge in [-0.25, -0.2) is 0 Å². The summed E-state index contributed by atoms with van der Waals surface area (Å²) in [6, 6.07) is 5.45. The van der Waals surface area contributed by atoms with Gasteiger partial charge in [0.25, 0.3) is 0 Å². The minimum absolute atomic E-state index is 0.308. The first-order valence-corrected chi connectivity index (χ1v) is 5.71. The number of phenolic OH excluding ortho intramolecular Hbond substituents is 1. The largest absolute Gasteiger partial charge is 0.507 e. The molecule has 0 atom stereocenters. The molecule has 1 aromatic rings. The second kappa shape index (κ2) is 6.38. The number of unbranched alkanes of at least 4 members (excludes halogenated alkanes) is 1. The fourth-order valence-electron chi connectivity index (χ4n) is 1.60. The van der Waals surface area contributed by atoms with Crippen molar-refractivity contribution in [1.29, 1.82) is 0 Å². The summed E-state index contributed by atoms with van der Waals surface area (Å²) >= 11 is 0. The summed E-state index contributed by atoms with van der Waals surface area (Å²) in [6.07, 6.45) is 2.38. The van der Waals surface area contributed by atoms with Crippen LogP contribution in [0.5, 0.6) is 11.5 Å². The Morgan fingerprint density at radius 3 is 2.69 bits per heavy atom. The van der Waals surface area contributed by atoms with Gasteiger partial charge in [-0.2, -0.15) is 0 Å². The summed E-state index contributed by atoms with van der Waals surface area (Å²) in [7, 11) is 3.67. The fourth-order valence-corrected chi connectivity index (χ4v) is 1.60. The van der Waals surface area contributed by atoms with E-state index in [-0.39, 0.29) is 0 Å². The molecule has 0 unspecified atom stereocenters. The van der Waals surface area contributed by atoms with Crippen molar-refractivity contribution in [3.05, 3.63) is 23.8 Å². The van der Waals surface area contributed by atoms with Gasteiger partial charge in [0.1, 0.15) is 11.5 Å². The summed E-state index contributed by atoms with van der Waals surface area (Å²) in [6.45, 7) is 4.01. The van der Waals surface area contributed by atoms with Crippen LogP contribution in [0, 0.1) is 0 Å². The molecule has 1 aromatic carbocycles. The predicted octanol–water partition coefficient (Wildman–Crippen LogP) is 2.63. The molecule has 0 aliphatic rings. The van der Waals surface area contributed by atoms with Crippen LogP contribution < -0.4 is 4.74 Å². The minimum Gasteiger partial charge on any atom is -0.507 e. The highest BCUT2D eigenvalue weighted by Crippen LogP contribution is 2.24. The standard InChI is InChI=1S/C13H21NO2/c1-4-5-8-14(2)10-11-6-7-12(16-3)9-13(11)15/h6-7,9,15H,4-5,8,10H2,1-3H3. The van der Waals surface area contributed by atoms with Crippen molar-refractivity contribution in [3.8, 4) is 11.5 Å². The molecule has 0 amide bonds. The van der Waals surface area contributed by atoms with Crippen LogP contribution in [0.25, 0.3) is 0 Å². The Morgan fingerprint density at radius 1 is 1.38 bits per heavy atom. The number of benzene rings is 1. The van der Waals surface area contributed by atoms with Crippen molar-refractivity contribution in [2.45, 2.75) is 26.3 Å². The van der Waals surface area contributed by atoms with Gasteiger partial charge in [0.2, 0.25) is 0 Å². The van der Waals surface area contributed by atoms with Crippen LogP contribution in [0.2, 0.25) is 0 Å². The number of phenols is 1. The maximum absolute atomic E-state index is 9.79. The van der Waals surface area contributed by atoms with Crippen LogP contribution in [0.15, 0.2) is 18.2 Å². The zero-order valence-corrected chi connectivity index (χ0v) is 10.4. The molecular weight excluding hydrogens is 202 g/mol. The van der Waals surface area contributed by atoms with E-state index in [0.29, 0.717) is 11.5 Å². The summed E-state index contributed by atoms with van der Waals surface area (Å²) in [4.78, 5) is 2.21. The van der Waals surface area contributed by atoms with Crippen LogP contribution in [0.3, 0.4) is 0 Å². The van der Waals surface area contributed by atoms with E-state index in [1.54, 1.807) is 13.2 Å². The lowest BCUT2D eigenvalue weighted by molar-refractivity contribution is 0.314. The molecule has 90 valence electrons. The van der Waals surface area contributed by atoms with Gasteiger partial charge in [-0.3, -0.25) is 0 Å². The second-order valence-corrected chi connectivity index (χ2v) is 4.09. The van der Waals surface area contributed by atoms with Crippen molar-refractivity contribution in [3.63, 3.8) is 0 Å². The van der Waals surface area contributed by atoms with Gasteiger partial charge >= 0.3 is 0 Å². The van der Waals surface area contributed by atoms with Crippen LogP contribution in [0.1, 0.15) is 25.3 Å². The Balaban J connectivity index is 2.59. The topological polar surface area (TPSA) is 32.7 Å². The molecule has 0 spiro atoms. The lowest BCUT2D eigenvalue weighted by Gasteiger charge is -2.17. The van der Waals surface area contributed by atoms with E-state index >= 15 is 0 Å². The van der Waals surface area contributed by atoms with Crippen molar-refractivity contribution in [2.75, 3.05) is 20.7 Å². The molecule has 1 N–H and O–H groups in total. The molecule has 3 nitrogen and oxygen atoms in total. The Kier molecular flexibility index (Phi) is 5.12. The molecule has 0 bridgehead atoms. The molecule has 1 rings (SSSR count). The quantitative estimate of drug-likeness (QED) is 0.804. The molecular formula is C13H21NO2. The Morgan fingerprint density at radius 2 is 2.12 bits per heavy atom. The average molecular weight is 223 g/mol. The summed E-state index contributed by atoms with van der Waals surface area (Å²) in [5.74, 6) is 1.00. The fraction of sp³-hybridized carbons (Fsp3) is 0.538. The number of methoxy groups -OCH3 is 1. The molecule has 0 heterocycles. The predicted molar refractivity (Wildman–Crippen MR) is 65.9 cm³/mol. The molecule has 3 heteroatoms. The van der Waals surface area contributed by atoms with E-state index in [4.69, 9.17) is 4.74 Å². The zero-order chi connectivity index (χ0) is 12.0. The third kappa shape index (κ3) is 3.74. The van der Waals surface area contributed by atoms with E-state index in [1.165, 1.54) is 12.8 Å². The average Bonchev–Trinajstić information content (AvgIpc) is 2.29. The van der Waals surface area contributed by atoms with E-state index in [0.717, 1.165) is 18.7 Å². The summed E-state index contributed by atoms with van der Waals surface area (Å²) < 4.78 is 5.05. The molecule has 0 aromatic heterocycles. The second-order valence-electron chi connectivity index (χ2n) is 4.09. The molecule has 0 saturated heterocycles. The van der Waals surface area contributed by atoms with Crippen molar-refractivity contribution < 1.29 is 9.84 Å². The summed E-state index contributed by atoms with van der Waals surface area (Å²) in [5, 5.41) is 9.79. The number of rotatable bonds is 6. The normalized spacial score (nSPS) is 10.8. The highest BCUT2D eigenvalue weighted by molar-refractivity contribution is 5.39. The van der Waals surface area contributed by atoms with E-state index < -0.39 is 0 Å². The van der Waals surface area contributed by atoms with Crippen LogP contribution in [-0.2, 0) is 6.54 Å². The Bertz CT molecular complexity index is 326. The number of nitrogens with zero attached hydrogens (tertiary/aromatic N) is 1. The monoisotopic (exact) mass is 223 g/mol. The smallest absolute Gasteiger partial charge is 0.123 e.